The van der Waals surface area contributed by atoms with Crippen LogP contribution in [0.5, 0.6) is 0 Å². The third kappa shape index (κ3) is 2.48. The fourth-order valence-electron chi connectivity index (χ4n) is 3.34. The Balaban J connectivity index is 2.00. The smallest absolute Gasteiger partial charge is 0.0705 e. The van der Waals surface area contributed by atoms with Crippen molar-refractivity contribution in [2.24, 2.45) is 11.8 Å². The van der Waals surface area contributed by atoms with Crippen LogP contribution < -0.4 is 11.3 Å². The summed E-state index contributed by atoms with van der Waals surface area (Å²) in [5, 5.41) is 1.22. The molecule has 1 unspecified atom stereocenters. The number of aromatic nitrogens is 1. The van der Waals surface area contributed by atoms with Crippen LogP contribution in [0.15, 0.2) is 36.5 Å². The Morgan fingerprint density at radius 3 is 2.68 bits per heavy atom. The predicted molar refractivity (Wildman–Crippen MR) is 78.4 cm³/mol. The molecule has 3 rings (SSSR count). The molecule has 100 valence electrons. The Hall–Kier alpha value is -1.45. The van der Waals surface area contributed by atoms with E-state index in [2.05, 4.69) is 34.7 Å². The molecule has 1 aromatic carbocycles. The van der Waals surface area contributed by atoms with E-state index in [0.717, 1.165) is 5.52 Å². The van der Waals surface area contributed by atoms with Gasteiger partial charge in [0.15, 0.2) is 0 Å². The number of para-hydroxylation sites is 1. The summed E-state index contributed by atoms with van der Waals surface area (Å²) in [4.78, 5) is 4.44. The lowest BCUT2D eigenvalue weighted by atomic mass is 9.81. The highest BCUT2D eigenvalue weighted by Crippen LogP contribution is 2.36. The molecule has 1 aromatic heterocycles. The van der Waals surface area contributed by atoms with Crippen LogP contribution in [0.3, 0.4) is 0 Å². The molecule has 1 aliphatic carbocycles. The summed E-state index contributed by atoms with van der Waals surface area (Å²) in [6.07, 6.45) is 8.45. The van der Waals surface area contributed by atoms with Gasteiger partial charge in [-0.05, 0) is 36.5 Å². The second-order valence-corrected chi connectivity index (χ2v) is 5.46. The Bertz CT molecular complexity index is 541. The van der Waals surface area contributed by atoms with Crippen molar-refractivity contribution in [2.75, 3.05) is 0 Å². The highest BCUT2D eigenvalue weighted by Gasteiger charge is 2.25. The maximum absolute atomic E-state index is 5.86. The molecule has 0 bridgehead atoms. The third-order valence-electron chi connectivity index (χ3n) is 4.32. The number of nitrogens with one attached hydrogen (secondary N) is 1. The summed E-state index contributed by atoms with van der Waals surface area (Å²) in [6.45, 7) is 0. The number of hydrazine groups is 1. The molecule has 1 atom stereocenters. The molecular formula is C16H21N3. The molecular weight excluding hydrogens is 234 g/mol. The van der Waals surface area contributed by atoms with Gasteiger partial charge in [0, 0.05) is 17.6 Å². The largest absolute Gasteiger partial charge is 0.271 e. The van der Waals surface area contributed by atoms with E-state index in [-0.39, 0.29) is 6.04 Å². The molecule has 3 heteroatoms. The summed E-state index contributed by atoms with van der Waals surface area (Å²) >= 11 is 0. The van der Waals surface area contributed by atoms with Crippen LogP contribution >= 0.6 is 0 Å². The minimum Gasteiger partial charge on any atom is -0.271 e. The monoisotopic (exact) mass is 255 g/mol. The Labute approximate surface area is 114 Å². The molecule has 3 N–H and O–H groups in total. The predicted octanol–water partition coefficient (Wildman–Crippen LogP) is 3.32. The van der Waals surface area contributed by atoms with Crippen LogP contribution in [0.4, 0.5) is 0 Å². The number of nitrogens with two attached hydrogens (primary N) is 1. The fourth-order valence-corrected chi connectivity index (χ4v) is 3.34. The van der Waals surface area contributed by atoms with Crippen molar-refractivity contribution in [2.45, 2.75) is 38.1 Å². The van der Waals surface area contributed by atoms with Gasteiger partial charge in [-0.2, -0.15) is 0 Å². The van der Waals surface area contributed by atoms with Gasteiger partial charge in [-0.25, -0.2) is 0 Å². The van der Waals surface area contributed by atoms with Gasteiger partial charge in [-0.15, -0.1) is 0 Å². The molecule has 1 saturated carbocycles. The van der Waals surface area contributed by atoms with E-state index in [1.165, 1.54) is 43.1 Å². The summed E-state index contributed by atoms with van der Waals surface area (Å²) in [6, 6.07) is 10.7. The Kier molecular flexibility index (Phi) is 3.76. The van der Waals surface area contributed by atoms with Crippen LogP contribution in [0.25, 0.3) is 10.9 Å². The molecule has 0 radical (unpaired) electrons. The van der Waals surface area contributed by atoms with Gasteiger partial charge in [0.1, 0.15) is 0 Å². The van der Waals surface area contributed by atoms with Gasteiger partial charge < -0.3 is 0 Å². The summed E-state index contributed by atoms with van der Waals surface area (Å²) in [7, 11) is 0. The van der Waals surface area contributed by atoms with E-state index >= 15 is 0 Å². The van der Waals surface area contributed by atoms with Crippen LogP contribution in [0.2, 0.25) is 0 Å². The minimum atomic E-state index is 0.244. The third-order valence-corrected chi connectivity index (χ3v) is 4.32. The van der Waals surface area contributed by atoms with Crippen LogP contribution in [-0.2, 0) is 0 Å². The van der Waals surface area contributed by atoms with Crippen molar-refractivity contribution in [1.82, 2.24) is 10.4 Å². The zero-order chi connectivity index (χ0) is 13.1. The molecule has 3 nitrogen and oxygen atoms in total. The molecule has 0 aliphatic heterocycles. The van der Waals surface area contributed by atoms with Crippen molar-refractivity contribution >= 4 is 10.9 Å². The van der Waals surface area contributed by atoms with Gasteiger partial charge in [0.2, 0.25) is 0 Å². The molecule has 19 heavy (non-hydrogen) atoms. The number of rotatable bonds is 3. The summed E-state index contributed by atoms with van der Waals surface area (Å²) in [5.41, 5.74) is 5.40. The molecule has 0 spiro atoms. The summed E-state index contributed by atoms with van der Waals surface area (Å²) in [5.74, 6) is 6.50. The average molecular weight is 255 g/mol. The topological polar surface area (TPSA) is 50.9 Å². The van der Waals surface area contributed by atoms with Crippen molar-refractivity contribution in [3.63, 3.8) is 0 Å². The SMILES string of the molecule is NNC(c1ccnc2ccccc12)C1CCCCC1. The van der Waals surface area contributed by atoms with Crippen molar-refractivity contribution < 1.29 is 0 Å². The van der Waals surface area contributed by atoms with Gasteiger partial charge in [-0.1, -0.05) is 37.5 Å². The normalized spacial score (nSPS) is 18.6. The minimum absolute atomic E-state index is 0.244. The maximum atomic E-state index is 5.86. The van der Waals surface area contributed by atoms with Gasteiger partial charge in [0.25, 0.3) is 0 Å². The number of pyridine rings is 1. The van der Waals surface area contributed by atoms with Crippen LogP contribution in [-0.4, -0.2) is 4.98 Å². The van der Waals surface area contributed by atoms with Gasteiger partial charge in [0.05, 0.1) is 5.52 Å². The molecule has 1 heterocycles. The molecule has 0 saturated heterocycles. The van der Waals surface area contributed by atoms with Crippen molar-refractivity contribution in [3.05, 3.63) is 42.1 Å². The highest BCUT2D eigenvalue weighted by molar-refractivity contribution is 5.82. The van der Waals surface area contributed by atoms with E-state index in [9.17, 15) is 0 Å². The van der Waals surface area contributed by atoms with E-state index in [1.807, 2.05) is 12.3 Å². The zero-order valence-electron chi connectivity index (χ0n) is 11.2. The van der Waals surface area contributed by atoms with E-state index in [4.69, 9.17) is 5.84 Å². The van der Waals surface area contributed by atoms with E-state index in [0.29, 0.717) is 5.92 Å². The number of benzene rings is 1. The second kappa shape index (κ2) is 5.68. The highest BCUT2D eigenvalue weighted by atomic mass is 15.2. The number of nitrogens with zero attached hydrogens (tertiary/aromatic N) is 1. The average Bonchev–Trinajstić information content (AvgIpc) is 2.49. The van der Waals surface area contributed by atoms with Crippen LogP contribution in [0.1, 0.15) is 43.7 Å². The Morgan fingerprint density at radius 2 is 1.89 bits per heavy atom. The van der Waals surface area contributed by atoms with Crippen molar-refractivity contribution in [3.8, 4) is 0 Å². The Morgan fingerprint density at radius 1 is 1.11 bits per heavy atom. The lowest BCUT2D eigenvalue weighted by Gasteiger charge is -2.30. The van der Waals surface area contributed by atoms with Crippen LogP contribution in [0, 0.1) is 5.92 Å². The van der Waals surface area contributed by atoms with Gasteiger partial charge >= 0.3 is 0 Å². The fraction of sp³-hybridized carbons (Fsp3) is 0.438. The summed E-state index contributed by atoms with van der Waals surface area (Å²) < 4.78 is 0. The standard InChI is InChI=1S/C16H21N3/c17-19-16(12-6-2-1-3-7-12)14-10-11-18-15-9-5-4-8-13(14)15/h4-5,8-12,16,19H,1-3,6-7,17H2. The lowest BCUT2D eigenvalue weighted by molar-refractivity contribution is 0.274. The first-order chi connectivity index (χ1) is 9.40. The number of hydrogen-bond acceptors (Lipinski definition) is 3. The second-order valence-electron chi connectivity index (χ2n) is 5.46. The molecule has 1 fully saturated rings. The molecule has 1 aliphatic rings. The van der Waals surface area contributed by atoms with E-state index < -0.39 is 0 Å². The number of fused-ring (bicyclic) bond motifs is 1. The maximum Gasteiger partial charge on any atom is 0.0705 e. The quantitative estimate of drug-likeness (QED) is 0.653. The molecule has 0 amide bonds. The molecule has 2 aromatic rings. The zero-order valence-corrected chi connectivity index (χ0v) is 11.2. The first-order valence-corrected chi connectivity index (χ1v) is 7.20. The first kappa shape index (κ1) is 12.6. The lowest BCUT2D eigenvalue weighted by Crippen LogP contribution is -2.34. The van der Waals surface area contributed by atoms with Gasteiger partial charge in [-0.3, -0.25) is 16.3 Å². The van der Waals surface area contributed by atoms with E-state index in [1.54, 1.807) is 0 Å². The van der Waals surface area contributed by atoms with Crippen molar-refractivity contribution in [1.29, 1.82) is 0 Å². The first-order valence-electron chi connectivity index (χ1n) is 7.20. The number of hydrogen-bond donors (Lipinski definition) is 2.